The van der Waals surface area contributed by atoms with Crippen LogP contribution >= 0.6 is 15.9 Å². The molecule has 0 aliphatic carbocycles. The largest absolute Gasteiger partial charge is 0.480 e. The van der Waals surface area contributed by atoms with Crippen LogP contribution < -0.4 is 5.32 Å². The molecular weight excluding hydrogens is 362 g/mol. The van der Waals surface area contributed by atoms with Crippen LogP contribution in [0.15, 0.2) is 47.2 Å². The third-order valence-corrected chi connectivity index (χ3v) is 3.85. The van der Waals surface area contributed by atoms with Gasteiger partial charge in [0.25, 0.3) is 5.91 Å². The number of pyridine rings is 1. The third-order valence-electron chi connectivity index (χ3n) is 3.14. The first-order valence-corrected chi connectivity index (χ1v) is 7.44. The highest BCUT2D eigenvalue weighted by atomic mass is 79.9. The lowest BCUT2D eigenvalue weighted by Gasteiger charge is -2.15. The van der Waals surface area contributed by atoms with Crippen LogP contribution in [0.3, 0.4) is 0 Å². The van der Waals surface area contributed by atoms with Crippen LogP contribution in [0.1, 0.15) is 21.5 Å². The molecule has 1 amide bonds. The van der Waals surface area contributed by atoms with Gasteiger partial charge in [-0.15, -0.1) is 0 Å². The number of carboxylic acid groups (broad SMARTS) is 1. The van der Waals surface area contributed by atoms with Gasteiger partial charge in [0.2, 0.25) is 0 Å². The van der Waals surface area contributed by atoms with Crippen LogP contribution in [0.5, 0.6) is 0 Å². The molecule has 23 heavy (non-hydrogen) atoms. The molecule has 0 bridgehead atoms. The predicted molar refractivity (Wildman–Crippen MR) is 85.7 cm³/mol. The molecule has 7 heteroatoms. The summed E-state index contributed by atoms with van der Waals surface area (Å²) in [5.74, 6) is -1.65. The van der Waals surface area contributed by atoms with E-state index in [2.05, 4.69) is 26.2 Å². The molecule has 2 N–H and O–H groups in total. The Labute approximate surface area is 140 Å². The molecule has 0 saturated carbocycles. The average Bonchev–Trinajstić information content (AvgIpc) is 2.56. The van der Waals surface area contributed by atoms with Gasteiger partial charge in [-0.25, -0.2) is 9.78 Å². The van der Waals surface area contributed by atoms with Crippen molar-refractivity contribution >= 4 is 27.8 Å². The highest BCUT2D eigenvalue weighted by Gasteiger charge is 2.22. The molecule has 2 aromatic rings. The van der Waals surface area contributed by atoms with Gasteiger partial charge in [0.05, 0.1) is 11.6 Å². The van der Waals surface area contributed by atoms with Crippen molar-refractivity contribution in [1.29, 1.82) is 5.26 Å². The summed E-state index contributed by atoms with van der Waals surface area (Å²) in [5, 5.41) is 20.5. The Kier molecular flexibility index (Phi) is 5.44. The van der Waals surface area contributed by atoms with Crippen molar-refractivity contribution in [2.24, 2.45) is 0 Å². The first-order valence-electron chi connectivity index (χ1n) is 6.64. The summed E-state index contributed by atoms with van der Waals surface area (Å²) in [7, 11) is 0. The van der Waals surface area contributed by atoms with Gasteiger partial charge in [0.1, 0.15) is 10.6 Å². The minimum absolute atomic E-state index is 0.103. The van der Waals surface area contributed by atoms with E-state index >= 15 is 0 Å². The summed E-state index contributed by atoms with van der Waals surface area (Å²) in [5.41, 5.74) is 1.40. The van der Waals surface area contributed by atoms with Crippen molar-refractivity contribution < 1.29 is 14.7 Å². The number of aliphatic carboxylic acids is 1. The molecule has 116 valence electrons. The normalized spacial score (nSPS) is 11.3. The smallest absolute Gasteiger partial charge is 0.326 e. The number of nitriles is 1. The molecule has 0 fully saturated rings. The van der Waals surface area contributed by atoms with E-state index in [0.717, 1.165) is 0 Å². The lowest BCUT2D eigenvalue weighted by Crippen LogP contribution is -2.42. The first kappa shape index (κ1) is 16.6. The SMILES string of the molecule is N#Cc1ccc(C(=O)N[C@@H](Cc2cccnc2Br)C(=O)O)cc1. The van der Waals surface area contributed by atoms with Crippen LogP contribution in [-0.2, 0) is 11.2 Å². The molecule has 0 aliphatic rings. The number of hydrogen-bond donors (Lipinski definition) is 2. The summed E-state index contributed by atoms with van der Waals surface area (Å²) in [4.78, 5) is 27.6. The number of hydrogen-bond acceptors (Lipinski definition) is 4. The molecule has 1 atom stereocenters. The quantitative estimate of drug-likeness (QED) is 0.781. The van der Waals surface area contributed by atoms with E-state index in [-0.39, 0.29) is 6.42 Å². The molecule has 0 spiro atoms. The Morgan fingerprint density at radius 1 is 1.30 bits per heavy atom. The fourth-order valence-corrected chi connectivity index (χ4v) is 2.34. The summed E-state index contributed by atoms with van der Waals surface area (Å²) in [6.07, 6.45) is 1.68. The van der Waals surface area contributed by atoms with Gasteiger partial charge in [0.15, 0.2) is 0 Å². The number of carbonyl (C=O) groups excluding carboxylic acids is 1. The highest BCUT2D eigenvalue weighted by molar-refractivity contribution is 9.10. The van der Waals surface area contributed by atoms with Crippen molar-refractivity contribution in [2.45, 2.75) is 12.5 Å². The van der Waals surface area contributed by atoms with Crippen molar-refractivity contribution in [3.63, 3.8) is 0 Å². The molecule has 1 heterocycles. The maximum absolute atomic E-state index is 12.1. The number of carboxylic acids is 1. The van der Waals surface area contributed by atoms with Crippen molar-refractivity contribution in [3.8, 4) is 6.07 Å². The van der Waals surface area contributed by atoms with Crippen molar-refractivity contribution in [1.82, 2.24) is 10.3 Å². The van der Waals surface area contributed by atoms with Gasteiger partial charge < -0.3 is 10.4 Å². The van der Waals surface area contributed by atoms with Crippen molar-refractivity contribution in [3.05, 3.63) is 63.9 Å². The Morgan fingerprint density at radius 2 is 2.00 bits per heavy atom. The predicted octanol–water partition coefficient (Wildman–Crippen LogP) is 2.14. The van der Waals surface area contributed by atoms with E-state index in [0.29, 0.717) is 21.3 Å². The van der Waals surface area contributed by atoms with Crippen molar-refractivity contribution in [2.75, 3.05) is 0 Å². The van der Waals surface area contributed by atoms with Crippen LogP contribution in [0.4, 0.5) is 0 Å². The Hall–Kier alpha value is -2.72. The molecule has 0 unspecified atom stereocenters. The summed E-state index contributed by atoms with van der Waals surface area (Å²) < 4.78 is 0.541. The van der Waals surface area contributed by atoms with E-state index in [1.165, 1.54) is 24.3 Å². The molecule has 0 aliphatic heterocycles. The first-order chi connectivity index (χ1) is 11.0. The lowest BCUT2D eigenvalue weighted by molar-refractivity contribution is -0.139. The van der Waals surface area contributed by atoms with E-state index in [1.807, 2.05) is 6.07 Å². The monoisotopic (exact) mass is 373 g/mol. The zero-order valence-electron chi connectivity index (χ0n) is 11.9. The molecule has 2 rings (SSSR count). The minimum atomic E-state index is -1.14. The standard InChI is InChI=1S/C16H12BrN3O3/c17-14-12(2-1-7-19-14)8-13(16(22)23)20-15(21)11-5-3-10(9-18)4-6-11/h1-7,13H,8H2,(H,20,21)(H,22,23)/t13-/m0/s1. The number of carbonyl (C=O) groups is 2. The number of halogens is 1. The van der Waals surface area contributed by atoms with Crippen LogP contribution in [0.2, 0.25) is 0 Å². The molecule has 1 aromatic heterocycles. The number of nitrogens with zero attached hydrogens (tertiary/aromatic N) is 2. The van der Waals surface area contributed by atoms with Gasteiger partial charge in [-0.2, -0.15) is 5.26 Å². The molecule has 0 radical (unpaired) electrons. The van der Waals surface area contributed by atoms with Crippen LogP contribution in [0, 0.1) is 11.3 Å². The van der Waals surface area contributed by atoms with Gasteiger partial charge >= 0.3 is 5.97 Å². The van der Waals surface area contributed by atoms with E-state index < -0.39 is 17.9 Å². The Balaban J connectivity index is 2.13. The average molecular weight is 374 g/mol. The second kappa shape index (κ2) is 7.51. The van der Waals surface area contributed by atoms with Crippen LogP contribution in [0.25, 0.3) is 0 Å². The lowest BCUT2D eigenvalue weighted by atomic mass is 10.1. The zero-order valence-corrected chi connectivity index (χ0v) is 13.4. The molecule has 6 nitrogen and oxygen atoms in total. The van der Waals surface area contributed by atoms with Gasteiger partial charge in [-0.3, -0.25) is 4.79 Å². The zero-order chi connectivity index (χ0) is 16.8. The Morgan fingerprint density at radius 3 is 2.57 bits per heavy atom. The molecular formula is C16H12BrN3O3. The topological polar surface area (TPSA) is 103 Å². The van der Waals surface area contributed by atoms with E-state index in [9.17, 15) is 14.7 Å². The fraction of sp³-hybridized carbons (Fsp3) is 0.125. The van der Waals surface area contributed by atoms with Gasteiger partial charge in [-0.1, -0.05) is 6.07 Å². The number of nitrogens with one attached hydrogen (secondary N) is 1. The number of amides is 1. The number of rotatable bonds is 5. The minimum Gasteiger partial charge on any atom is -0.480 e. The van der Waals surface area contributed by atoms with Gasteiger partial charge in [0, 0.05) is 18.2 Å². The molecule has 1 aromatic carbocycles. The van der Waals surface area contributed by atoms with E-state index in [1.54, 1.807) is 18.3 Å². The number of benzene rings is 1. The maximum atomic E-state index is 12.1. The van der Waals surface area contributed by atoms with E-state index in [4.69, 9.17) is 5.26 Å². The van der Waals surface area contributed by atoms with Crippen LogP contribution in [-0.4, -0.2) is 28.0 Å². The fourth-order valence-electron chi connectivity index (χ4n) is 1.93. The number of aromatic nitrogens is 1. The second-order valence-electron chi connectivity index (χ2n) is 4.71. The summed E-state index contributed by atoms with van der Waals surface area (Å²) >= 11 is 3.25. The molecule has 0 saturated heterocycles. The summed E-state index contributed by atoms with van der Waals surface area (Å²) in [6.45, 7) is 0. The summed E-state index contributed by atoms with van der Waals surface area (Å²) in [6, 6.07) is 10.3. The van der Waals surface area contributed by atoms with Gasteiger partial charge in [-0.05, 0) is 51.8 Å². The third kappa shape index (κ3) is 4.37. The maximum Gasteiger partial charge on any atom is 0.326 e. The second-order valence-corrected chi connectivity index (χ2v) is 5.46. The Bertz CT molecular complexity index is 769. The highest BCUT2D eigenvalue weighted by Crippen LogP contribution is 2.15.